The molecule has 1 nitrogen and oxygen atoms in total. The van der Waals surface area contributed by atoms with Crippen LogP contribution in [0.15, 0.2) is 57.5 Å². The summed E-state index contributed by atoms with van der Waals surface area (Å²) in [6, 6.07) is 18.0. The molecule has 0 bridgehead atoms. The number of hydrogen-bond acceptors (Lipinski definition) is 1. The van der Waals surface area contributed by atoms with E-state index in [0.29, 0.717) is 5.92 Å². The van der Waals surface area contributed by atoms with Crippen molar-refractivity contribution in [1.29, 1.82) is 0 Å². The fourth-order valence-corrected chi connectivity index (χ4v) is 3.28. The minimum Gasteiger partial charge on any atom is -0.313 e. The smallest absolute Gasteiger partial charge is 0.0207 e. The van der Waals surface area contributed by atoms with E-state index in [4.69, 9.17) is 0 Å². The van der Waals surface area contributed by atoms with Crippen LogP contribution in [0.1, 0.15) is 29.9 Å². The van der Waals surface area contributed by atoms with Crippen molar-refractivity contribution in [3.05, 3.63) is 68.6 Å². The Hall–Kier alpha value is -0.640. The van der Waals surface area contributed by atoms with Gasteiger partial charge in [0.05, 0.1) is 0 Å². The first-order valence-electron chi connectivity index (χ1n) is 7.44. The van der Waals surface area contributed by atoms with Crippen molar-refractivity contribution in [2.24, 2.45) is 0 Å². The van der Waals surface area contributed by atoms with Gasteiger partial charge < -0.3 is 5.32 Å². The van der Waals surface area contributed by atoms with E-state index in [9.17, 15) is 0 Å². The van der Waals surface area contributed by atoms with Gasteiger partial charge in [-0.25, -0.2) is 0 Å². The molecule has 2 aromatic carbocycles. The predicted octanol–water partition coefficient (Wildman–Crippen LogP) is 5.29. The van der Waals surface area contributed by atoms with Crippen LogP contribution in [0.3, 0.4) is 0 Å². The van der Waals surface area contributed by atoms with E-state index in [-0.39, 0.29) is 0 Å². The largest absolute Gasteiger partial charge is 0.313 e. The maximum atomic E-state index is 3.68. The van der Waals surface area contributed by atoms with E-state index in [0.717, 1.165) is 23.5 Å². The van der Waals surface area contributed by atoms with Crippen LogP contribution in [-0.4, -0.2) is 12.6 Å². The zero-order chi connectivity index (χ0) is 14.7. The molecule has 1 aliphatic rings. The summed E-state index contributed by atoms with van der Waals surface area (Å²) >= 11 is 7.20. The van der Waals surface area contributed by atoms with E-state index in [1.54, 1.807) is 0 Å². The van der Waals surface area contributed by atoms with E-state index >= 15 is 0 Å². The van der Waals surface area contributed by atoms with Crippen molar-refractivity contribution in [3.63, 3.8) is 0 Å². The average molecular weight is 409 g/mol. The molecule has 1 unspecified atom stereocenters. The molecule has 21 heavy (non-hydrogen) atoms. The van der Waals surface area contributed by atoms with Gasteiger partial charge in [0.2, 0.25) is 0 Å². The molecule has 0 spiro atoms. The van der Waals surface area contributed by atoms with Crippen LogP contribution in [-0.2, 0) is 6.42 Å². The van der Waals surface area contributed by atoms with Gasteiger partial charge in [-0.2, -0.15) is 0 Å². The van der Waals surface area contributed by atoms with Gasteiger partial charge >= 0.3 is 0 Å². The molecular formula is C18H19Br2N. The van der Waals surface area contributed by atoms with Gasteiger partial charge in [-0.1, -0.05) is 62.2 Å². The molecule has 2 aromatic rings. The highest BCUT2D eigenvalue weighted by Crippen LogP contribution is 2.27. The lowest BCUT2D eigenvalue weighted by Crippen LogP contribution is -2.24. The molecular weight excluding hydrogens is 390 g/mol. The summed E-state index contributed by atoms with van der Waals surface area (Å²) in [7, 11) is 0. The second-order valence-electron chi connectivity index (χ2n) is 5.73. The Labute approximate surface area is 143 Å². The molecule has 0 amide bonds. The van der Waals surface area contributed by atoms with E-state index in [1.165, 1.54) is 28.4 Å². The molecule has 0 radical (unpaired) electrons. The zero-order valence-electron chi connectivity index (χ0n) is 11.9. The highest BCUT2D eigenvalue weighted by atomic mass is 79.9. The number of hydrogen-bond donors (Lipinski definition) is 1. The number of benzene rings is 2. The quantitative estimate of drug-likeness (QED) is 0.684. The van der Waals surface area contributed by atoms with Crippen LogP contribution in [0.25, 0.3) is 0 Å². The number of nitrogens with one attached hydrogen (secondary N) is 1. The van der Waals surface area contributed by atoms with E-state index in [2.05, 4.69) is 85.7 Å². The Bertz CT molecular complexity index is 590. The standard InChI is InChI=1S/C18H19Br2N/c19-16-7-5-13(6-8-16)15(12-21-17-9-10-17)11-14-3-1-2-4-18(14)20/h1-8,15,17,21H,9-12H2. The SMILES string of the molecule is Brc1ccc(C(CNC2CC2)Cc2ccccc2Br)cc1. The Kier molecular flexibility index (Phi) is 5.15. The van der Waals surface area contributed by atoms with Crippen LogP contribution in [0.4, 0.5) is 0 Å². The molecule has 1 N–H and O–H groups in total. The minimum absolute atomic E-state index is 0.511. The fraction of sp³-hybridized carbons (Fsp3) is 0.333. The van der Waals surface area contributed by atoms with Crippen molar-refractivity contribution in [3.8, 4) is 0 Å². The minimum atomic E-state index is 0.511. The van der Waals surface area contributed by atoms with Crippen LogP contribution in [0.2, 0.25) is 0 Å². The summed E-state index contributed by atoms with van der Waals surface area (Å²) in [6.07, 6.45) is 3.73. The van der Waals surface area contributed by atoms with E-state index < -0.39 is 0 Å². The van der Waals surface area contributed by atoms with Crippen LogP contribution in [0, 0.1) is 0 Å². The van der Waals surface area contributed by atoms with Crippen molar-refractivity contribution in [1.82, 2.24) is 5.32 Å². The van der Waals surface area contributed by atoms with Crippen molar-refractivity contribution >= 4 is 31.9 Å². The first-order valence-corrected chi connectivity index (χ1v) is 9.03. The Morgan fingerprint density at radius 2 is 1.71 bits per heavy atom. The predicted molar refractivity (Wildman–Crippen MR) is 95.8 cm³/mol. The van der Waals surface area contributed by atoms with Gasteiger partial charge in [0.15, 0.2) is 0 Å². The monoisotopic (exact) mass is 407 g/mol. The lowest BCUT2D eigenvalue weighted by atomic mass is 9.92. The second kappa shape index (κ2) is 7.08. The molecule has 3 heteroatoms. The maximum absolute atomic E-state index is 3.68. The molecule has 0 aromatic heterocycles. The molecule has 3 rings (SSSR count). The van der Waals surface area contributed by atoms with Crippen molar-refractivity contribution < 1.29 is 0 Å². The molecule has 1 atom stereocenters. The van der Waals surface area contributed by atoms with Gasteiger partial charge in [0, 0.05) is 27.4 Å². The maximum Gasteiger partial charge on any atom is 0.0207 e. The normalized spacial score (nSPS) is 15.9. The third-order valence-corrected chi connectivity index (χ3v) is 5.30. The zero-order valence-corrected chi connectivity index (χ0v) is 15.0. The average Bonchev–Trinajstić information content (AvgIpc) is 3.31. The summed E-state index contributed by atoms with van der Waals surface area (Å²) in [5.41, 5.74) is 2.78. The van der Waals surface area contributed by atoms with Crippen molar-refractivity contribution in [2.45, 2.75) is 31.2 Å². The van der Waals surface area contributed by atoms with Gasteiger partial charge in [0.25, 0.3) is 0 Å². The molecule has 1 saturated carbocycles. The summed E-state index contributed by atoms with van der Waals surface area (Å²) in [5, 5.41) is 3.68. The number of halogens is 2. The summed E-state index contributed by atoms with van der Waals surface area (Å²) in [5.74, 6) is 0.511. The third kappa shape index (κ3) is 4.41. The van der Waals surface area contributed by atoms with Gasteiger partial charge in [0.1, 0.15) is 0 Å². The van der Waals surface area contributed by atoms with Gasteiger partial charge in [-0.3, -0.25) is 0 Å². The van der Waals surface area contributed by atoms with E-state index in [1.807, 2.05) is 0 Å². The highest BCUT2D eigenvalue weighted by molar-refractivity contribution is 9.10. The summed E-state index contributed by atoms with van der Waals surface area (Å²) < 4.78 is 2.35. The van der Waals surface area contributed by atoms with Crippen LogP contribution < -0.4 is 5.32 Å². The van der Waals surface area contributed by atoms with Gasteiger partial charge in [-0.15, -0.1) is 0 Å². The Morgan fingerprint density at radius 3 is 2.38 bits per heavy atom. The van der Waals surface area contributed by atoms with Crippen molar-refractivity contribution in [2.75, 3.05) is 6.54 Å². The Morgan fingerprint density at radius 1 is 1.00 bits per heavy atom. The molecule has 1 fully saturated rings. The number of rotatable bonds is 6. The first kappa shape index (κ1) is 15.3. The third-order valence-electron chi connectivity index (χ3n) is 4.00. The molecule has 0 aliphatic heterocycles. The molecule has 0 heterocycles. The molecule has 1 aliphatic carbocycles. The highest BCUT2D eigenvalue weighted by Gasteiger charge is 2.23. The summed E-state index contributed by atoms with van der Waals surface area (Å²) in [6.45, 7) is 1.05. The van der Waals surface area contributed by atoms with Crippen LogP contribution >= 0.6 is 31.9 Å². The lowest BCUT2D eigenvalue weighted by Gasteiger charge is -2.19. The first-order chi connectivity index (χ1) is 10.2. The molecule has 0 saturated heterocycles. The topological polar surface area (TPSA) is 12.0 Å². The van der Waals surface area contributed by atoms with Crippen LogP contribution in [0.5, 0.6) is 0 Å². The molecule has 110 valence electrons. The second-order valence-corrected chi connectivity index (χ2v) is 7.50. The lowest BCUT2D eigenvalue weighted by molar-refractivity contribution is 0.576. The summed E-state index contributed by atoms with van der Waals surface area (Å²) in [4.78, 5) is 0. The Balaban J connectivity index is 1.77. The van der Waals surface area contributed by atoms with Gasteiger partial charge in [-0.05, 0) is 48.6 Å². The fourth-order valence-electron chi connectivity index (χ4n) is 2.57.